The number of aromatic nitrogens is 1. The quantitative estimate of drug-likeness (QED) is 0.379. The Kier molecular flexibility index (Phi) is 12.4. The van der Waals surface area contributed by atoms with Crippen LogP contribution >= 0.6 is 0 Å². The number of nitrogens with zero attached hydrogens (tertiary/aromatic N) is 2. The van der Waals surface area contributed by atoms with Crippen LogP contribution < -0.4 is 11.1 Å². The van der Waals surface area contributed by atoms with Crippen molar-refractivity contribution in [2.75, 3.05) is 17.7 Å². The Morgan fingerprint density at radius 2 is 1.71 bits per heavy atom. The number of esters is 1. The summed E-state index contributed by atoms with van der Waals surface area (Å²) in [6.07, 6.45) is 3.42. The fourth-order valence-corrected chi connectivity index (χ4v) is 3.62. The van der Waals surface area contributed by atoms with Crippen molar-refractivity contribution in [3.63, 3.8) is 0 Å². The van der Waals surface area contributed by atoms with Crippen molar-refractivity contribution in [2.45, 2.75) is 80.1 Å². The predicted molar refractivity (Wildman–Crippen MR) is 140 cm³/mol. The lowest BCUT2D eigenvalue weighted by Gasteiger charge is -2.31. The molecule has 0 fully saturated rings. The van der Waals surface area contributed by atoms with Crippen LogP contribution in [0.3, 0.4) is 0 Å². The number of fused-ring (bicyclic) bond motifs is 1. The van der Waals surface area contributed by atoms with E-state index in [1.54, 1.807) is 0 Å². The first-order valence-corrected chi connectivity index (χ1v) is 12.2. The maximum Gasteiger partial charge on any atom is 0.336 e. The van der Waals surface area contributed by atoms with Crippen LogP contribution in [0, 0.1) is 18.3 Å². The fraction of sp³-hybridized carbons (Fsp3) is 0.464. The van der Waals surface area contributed by atoms with E-state index in [1.807, 2.05) is 57.2 Å². The third kappa shape index (κ3) is 7.08. The zero-order valence-corrected chi connectivity index (χ0v) is 21.8. The number of nitrogen functional groups attached to an aromatic ring is 1. The second-order valence-electron chi connectivity index (χ2n) is 8.18. The van der Waals surface area contributed by atoms with Crippen molar-refractivity contribution in [1.29, 1.82) is 5.26 Å². The first kappa shape index (κ1) is 28.7. The minimum atomic E-state index is -0.448. The number of anilines is 2. The molecule has 0 aliphatic carbocycles. The highest BCUT2D eigenvalue weighted by molar-refractivity contribution is 5.95. The summed E-state index contributed by atoms with van der Waals surface area (Å²) in [4.78, 5) is 17.7. The normalized spacial score (nSPS) is 13.8. The molecule has 6 heteroatoms. The molecule has 2 aromatic rings. The number of nitrogens with two attached hydrogens (primary N) is 1. The van der Waals surface area contributed by atoms with Crippen LogP contribution in [0.15, 0.2) is 41.6 Å². The van der Waals surface area contributed by atoms with Crippen LogP contribution in [0.1, 0.15) is 89.1 Å². The molecule has 1 aromatic heterocycles. The maximum absolute atomic E-state index is 12.9. The van der Waals surface area contributed by atoms with Gasteiger partial charge in [-0.05, 0) is 31.4 Å². The number of rotatable bonds is 5. The number of pyridine rings is 1. The molecule has 0 radical (unpaired) electrons. The molecule has 0 bridgehead atoms. The minimum Gasteiger partial charge on any atom is -0.461 e. The molecule has 34 heavy (non-hydrogen) atoms. The Balaban J connectivity index is 0.000000872. The number of hydrogen-bond acceptors (Lipinski definition) is 6. The average Bonchev–Trinajstić information content (AvgIpc) is 2.82. The van der Waals surface area contributed by atoms with Gasteiger partial charge in [0.25, 0.3) is 0 Å². The molecule has 1 unspecified atom stereocenters. The number of nitriles is 1. The number of ether oxygens (including phenoxy) is 1. The van der Waals surface area contributed by atoms with Gasteiger partial charge in [-0.1, -0.05) is 77.8 Å². The Morgan fingerprint density at radius 1 is 1.12 bits per heavy atom. The van der Waals surface area contributed by atoms with Crippen molar-refractivity contribution in [3.8, 4) is 6.07 Å². The smallest absolute Gasteiger partial charge is 0.336 e. The molecule has 3 rings (SSSR count). The number of benzene rings is 1. The highest BCUT2D eigenvalue weighted by Gasteiger charge is 2.36. The molecule has 1 atom stereocenters. The molecule has 0 amide bonds. The SMILES string of the molecule is CCC.CCC.CCc1nc2c(c(N)c1C)C(c1ccccc1)C(C(=O)OCCC#N)=C(C)N2. The highest BCUT2D eigenvalue weighted by Crippen LogP contribution is 2.45. The Bertz CT molecular complexity index is 1010. The molecule has 0 saturated heterocycles. The molecule has 3 N–H and O–H groups in total. The first-order chi connectivity index (χ1) is 16.3. The van der Waals surface area contributed by atoms with E-state index < -0.39 is 5.97 Å². The summed E-state index contributed by atoms with van der Waals surface area (Å²) < 4.78 is 5.35. The zero-order chi connectivity index (χ0) is 25.7. The third-order valence-electron chi connectivity index (χ3n) is 5.05. The number of allylic oxidation sites excluding steroid dienone is 1. The number of aryl methyl sites for hydroxylation is 1. The Labute approximate surface area is 205 Å². The molecule has 6 nitrogen and oxygen atoms in total. The molecular formula is C28H40N4O2. The molecule has 184 valence electrons. The van der Waals surface area contributed by atoms with Crippen molar-refractivity contribution in [2.24, 2.45) is 0 Å². The van der Waals surface area contributed by atoms with Gasteiger partial charge in [-0.2, -0.15) is 5.26 Å². The van der Waals surface area contributed by atoms with Gasteiger partial charge in [0.05, 0.1) is 18.1 Å². The lowest BCUT2D eigenvalue weighted by molar-refractivity contribution is -0.139. The van der Waals surface area contributed by atoms with Gasteiger partial charge in [-0.25, -0.2) is 9.78 Å². The summed E-state index contributed by atoms with van der Waals surface area (Å²) in [6, 6.07) is 11.7. The molecule has 2 heterocycles. The Morgan fingerprint density at radius 3 is 2.24 bits per heavy atom. The highest BCUT2D eigenvalue weighted by atomic mass is 16.5. The van der Waals surface area contributed by atoms with Crippen LogP contribution in [-0.4, -0.2) is 17.6 Å². The van der Waals surface area contributed by atoms with Gasteiger partial charge >= 0.3 is 5.97 Å². The van der Waals surface area contributed by atoms with E-state index in [-0.39, 0.29) is 18.9 Å². The van der Waals surface area contributed by atoms with E-state index in [4.69, 9.17) is 20.7 Å². The maximum atomic E-state index is 12.9. The average molecular weight is 465 g/mol. The number of carbonyl (C=O) groups is 1. The van der Waals surface area contributed by atoms with Gasteiger partial charge in [0.15, 0.2) is 0 Å². The van der Waals surface area contributed by atoms with Gasteiger partial charge in [0.2, 0.25) is 0 Å². The van der Waals surface area contributed by atoms with E-state index >= 15 is 0 Å². The first-order valence-electron chi connectivity index (χ1n) is 12.2. The van der Waals surface area contributed by atoms with E-state index in [0.29, 0.717) is 22.8 Å². The minimum absolute atomic E-state index is 0.0576. The van der Waals surface area contributed by atoms with E-state index in [2.05, 4.69) is 33.0 Å². The number of hydrogen-bond donors (Lipinski definition) is 2. The van der Waals surface area contributed by atoms with Crippen molar-refractivity contribution in [1.82, 2.24) is 4.98 Å². The predicted octanol–water partition coefficient (Wildman–Crippen LogP) is 6.66. The molecule has 1 aliphatic heterocycles. The van der Waals surface area contributed by atoms with Crippen molar-refractivity contribution in [3.05, 3.63) is 64.0 Å². The zero-order valence-electron chi connectivity index (χ0n) is 21.8. The fourth-order valence-electron chi connectivity index (χ4n) is 3.62. The van der Waals surface area contributed by atoms with Gasteiger partial charge in [-0.15, -0.1) is 0 Å². The summed E-state index contributed by atoms with van der Waals surface area (Å²) >= 11 is 0. The van der Waals surface area contributed by atoms with E-state index in [9.17, 15) is 4.79 Å². The second kappa shape index (κ2) is 14.7. The summed E-state index contributed by atoms with van der Waals surface area (Å²) in [5, 5.41) is 12.0. The number of carbonyl (C=O) groups excluding carboxylic acids is 1. The second-order valence-corrected chi connectivity index (χ2v) is 8.18. The van der Waals surface area contributed by atoms with Gasteiger partial charge in [0, 0.05) is 28.6 Å². The molecular weight excluding hydrogens is 424 g/mol. The molecule has 0 spiro atoms. The molecule has 1 aliphatic rings. The van der Waals surface area contributed by atoms with Gasteiger partial charge < -0.3 is 15.8 Å². The van der Waals surface area contributed by atoms with Crippen molar-refractivity contribution >= 4 is 17.5 Å². The van der Waals surface area contributed by atoms with Gasteiger partial charge in [-0.3, -0.25) is 0 Å². The summed E-state index contributed by atoms with van der Waals surface area (Å²) in [5.74, 6) is -0.152. The lowest BCUT2D eigenvalue weighted by Crippen LogP contribution is -2.27. The largest absolute Gasteiger partial charge is 0.461 e. The molecule has 1 aromatic carbocycles. The topological polar surface area (TPSA) is 101 Å². The Hall–Kier alpha value is -3.33. The number of nitrogens with one attached hydrogen (secondary N) is 1. The molecule has 0 saturated carbocycles. The third-order valence-corrected chi connectivity index (χ3v) is 5.05. The van der Waals surface area contributed by atoms with E-state index in [1.165, 1.54) is 12.8 Å². The monoisotopic (exact) mass is 464 g/mol. The standard InChI is InChI=1S/C22H24N4O2.2C3H8/c1-4-16-13(2)20(24)19-18(15-9-6-5-7-10-15)17(14(3)25-21(19)26-16)22(27)28-12-8-11-23;2*1-3-2/h5-7,9-10,18H,4,8,12H2,1-3H3,(H3,24,25,26);2*3H2,1-2H3. The van der Waals surface area contributed by atoms with E-state index in [0.717, 1.165) is 28.8 Å². The summed E-state index contributed by atoms with van der Waals surface area (Å²) in [7, 11) is 0. The van der Waals surface area contributed by atoms with Gasteiger partial charge in [0.1, 0.15) is 12.4 Å². The summed E-state index contributed by atoms with van der Waals surface area (Å²) in [5.41, 5.74) is 11.9. The van der Waals surface area contributed by atoms with Crippen LogP contribution in [0.25, 0.3) is 0 Å². The van der Waals surface area contributed by atoms with Crippen LogP contribution in [-0.2, 0) is 16.0 Å². The van der Waals surface area contributed by atoms with Crippen LogP contribution in [0.2, 0.25) is 0 Å². The van der Waals surface area contributed by atoms with Crippen LogP contribution in [0.5, 0.6) is 0 Å². The lowest BCUT2D eigenvalue weighted by atomic mass is 9.80. The van der Waals surface area contributed by atoms with Crippen molar-refractivity contribution < 1.29 is 9.53 Å². The summed E-state index contributed by atoms with van der Waals surface area (Å²) in [6.45, 7) is 14.4. The van der Waals surface area contributed by atoms with Crippen LogP contribution in [0.4, 0.5) is 11.5 Å².